The summed E-state index contributed by atoms with van der Waals surface area (Å²) in [5.74, 6) is 0. The molecule has 1 aromatic rings. The number of nitrogens with zero attached hydrogens (tertiary/aromatic N) is 2. The first-order chi connectivity index (χ1) is 9.00. The molecule has 0 bridgehead atoms. The van der Waals surface area contributed by atoms with Crippen molar-refractivity contribution in [2.75, 3.05) is 13.2 Å². The molecule has 0 aromatic carbocycles. The second-order valence-corrected chi connectivity index (χ2v) is 7.11. The fourth-order valence-electron chi connectivity index (χ4n) is 1.78. The number of pyridine rings is 1. The molecule has 1 saturated heterocycles. The first kappa shape index (κ1) is 14.4. The maximum absolute atomic E-state index is 12.6. The van der Waals surface area contributed by atoms with Gasteiger partial charge in [-0.25, -0.2) is 0 Å². The van der Waals surface area contributed by atoms with Crippen molar-refractivity contribution in [3.05, 3.63) is 23.4 Å². The van der Waals surface area contributed by atoms with Crippen molar-refractivity contribution >= 4 is 20.2 Å². The molecule has 0 saturated carbocycles. The van der Waals surface area contributed by atoms with E-state index in [9.17, 15) is 13.2 Å². The minimum absolute atomic E-state index is 0.263. The summed E-state index contributed by atoms with van der Waals surface area (Å²) in [4.78, 5) is 3.66. The molecule has 1 fully saturated rings. The van der Waals surface area contributed by atoms with Gasteiger partial charge in [0.05, 0.1) is 0 Å². The Labute approximate surface area is 115 Å². The Morgan fingerprint density at radius 2 is 2.00 bits per heavy atom. The Kier molecular flexibility index (Phi) is 4.49. The number of alkyl halides is 3. The van der Waals surface area contributed by atoms with E-state index in [1.807, 2.05) is 6.07 Å². The summed E-state index contributed by atoms with van der Waals surface area (Å²) in [6, 6.07) is 4.02. The third-order valence-electron chi connectivity index (χ3n) is 2.78. The van der Waals surface area contributed by atoms with Gasteiger partial charge in [-0.1, -0.05) is 0 Å². The van der Waals surface area contributed by atoms with E-state index in [2.05, 4.69) is 4.98 Å². The second kappa shape index (κ2) is 5.94. The van der Waals surface area contributed by atoms with E-state index in [0.29, 0.717) is 22.4 Å². The molecule has 0 amide bonds. The maximum atomic E-state index is 12.6. The van der Waals surface area contributed by atoms with E-state index in [1.54, 1.807) is 0 Å². The zero-order valence-corrected chi connectivity index (χ0v) is 11.8. The molecule has 3 nitrogen and oxygen atoms in total. The van der Waals surface area contributed by atoms with E-state index in [4.69, 9.17) is 10.00 Å². The third-order valence-corrected chi connectivity index (χ3v) is 5.86. The van der Waals surface area contributed by atoms with Crippen molar-refractivity contribution < 1.29 is 17.9 Å². The van der Waals surface area contributed by atoms with Crippen LogP contribution in [0.25, 0.3) is 0 Å². The quantitative estimate of drug-likeness (QED) is 0.778. The fourth-order valence-corrected chi connectivity index (χ4v) is 4.39. The van der Waals surface area contributed by atoms with Crippen molar-refractivity contribution in [2.24, 2.45) is 0 Å². The molecule has 2 heterocycles. The molecule has 0 unspecified atom stereocenters. The molecule has 2 rings (SSSR count). The predicted molar refractivity (Wildman–Crippen MR) is 63.1 cm³/mol. The summed E-state index contributed by atoms with van der Waals surface area (Å²) in [6.07, 6.45) is -2.79. The Bertz CT molecular complexity index is 493. The van der Waals surface area contributed by atoms with Crippen LogP contribution in [0.3, 0.4) is 0 Å². The average Bonchev–Trinajstić information content (AvgIpc) is 2.39. The Hall–Kier alpha value is -1.05. The van der Waals surface area contributed by atoms with Crippen LogP contribution in [0.15, 0.2) is 12.1 Å². The normalized spacial score (nSPS) is 17.8. The van der Waals surface area contributed by atoms with Crippen molar-refractivity contribution in [1.82, 2.24) is 4.98 Å². The monoisotopic (exact) mass is 331 g/mol. The Balaban J connectivity index is 2.23. The summed E-state index contributed by atoms with van der Waals surface area (Å²) in [5, 5.41) is 8.96. The Morgan fingerprint density at radius 1 is 1.32 bits per heavy atom. The van der Waals surface area contributed by atoms with Gasteiger partial charge < -0.3 is 0 Å². The van der Waals surface area contributed by atoms with Gasteiger partial charge >= 0.3 is 115 Å². The molecule has 101 valence electrons. The van der Waals surface area contributed by atoms with Gasteiger partial charge in [-0.2, -0.15) is 0 Å². The van der Waals surface area contributed by atoms with E-state index < -0.39 is 27.6 Å². The number of rotatable bonds is 2. The van der Waals surface area contributed by atoms with Gasteiger partial charge in [0.15, 0.2) is 0 Å². The number of ether oxygens (including phenoxy) is 1. The second-order valence-electron chi connectivity index (χ2n) is 4.15. The SMILES string of the molecule is N#Cc1ccc(C(F)(F)F)nc1[As]C1CCOCC1. The van der Waals surface area contributed by atoms with Gasteiger partial charge in [0.25, 0.3) is 0 Å². The van der Waals surface area contributed by atoms with E-state index >= 15 is 0 Å². The molecule has 0 spiro atoms. The fraction of sp³-hybridized carbons (Fsp3) is 0.500. The predicted octanol–water partition coefficient (Wildman–Crippen LogP) is 1.90. The molecule has 1 aromatic heterocycles. The standard InChI is InChI=1S/C12H11AsF3N2O/c14-12(15,16)10-2-1-8(7-17)11(18-10)13-9-3-5-19-6-4-9/h1-2,9H,3-6H2. The van der Waals surface area contributed by atoms with Crippen LogP contribution in [-0.2, 0) is 10.9 Å². The Morgan fingerprint density at radius 3 is 2.58 bits per heavy atom. The van der Waals surface area contributed by atoms with Crippen molar-refractivity contribution in [1.29, 1.82) is 5.26 Å². The number of aromatic nitrogens is 1. The van der Waals surface area contributed by atoms with E-state index in [0.717, 1.165) is 18.9 Å². The van der Waals surface area contributed by atoms with Crippen LogP contribution in [0.5, 0.6) is 0 Å². The number of hydrogen-bond acceptors (Lipinski definition) is 3. The van der Waals surface area contributed by atoms with Gasteiger partial charge in [-0.05, 0) is 0 Å². The minimum atomic E-state index is -4.46. The molecule has 0 aliphatic carbocycles. The van der Waals surface area contributed by atoms with Crippen LogP contribution >= 0.6 is 0 Å². The summed E-state index contributed by atoms with van der Waals surface area (Å²) < 4.78 is 43.8. The van der Waals surface area contributed by atoms with Crippen LogP contribution in [0, 0.1) is 11.3 Å². The molecular weight excluding hydrogens is 320 g/mol. The first-order valence-corrected chi connectivity index (χ1v) is 7.80. The van der Waals surface area contributed by atoms with Crippen molar-refractivity contribution in [3.63, 3.8) is 0 Å². The van der Waals surface area contributed by atoms with Crippen LogP contribution in [0.4, 0.5) is 13.2 Å². The van der Waals surface area contributed by atoms with Crippen LogP contribution < -0.4 is 4.48 Å². The van der Waals surface area contributed by atoms with Crippen LogP contribution in [0.2, 0.25) is 4.71 Å². The zero-order chi connectivity index (χ0) is 13.9. The summed E-state index contributed by atoms with van der Waals surface area (Å²) in [7, 11) is 0. The van der Waals surface area contributed by atoms with E-state index in [-0.39, 0.29) is 5.56 Å². The van der Waals surface area contributed by atoms with Gasteiger partial charge in [0, 0.05) is 0 Å². The topological polar surface area (TPSA) is 45.9 Å². The molecular formula is C12H11AsF3N2O. The zero-order valence-electron chi connectivity index (χ0n) is 9.94. The summed E-state index contributed by atoms with van der Waals surface area (Å²) in [5.41, 5.74) is -0.650. The summed E-state index contributed by atoms with van der Waals surface area (Å²) >= 11 is -0.539. The van der Waals surface area contributed by atoms with Crippen LogP contribution in [-0.4, -0.2) is 33.9 Å². The summed E-state index contributed by atoms with van der Waals surface area (Å²) in [6.45, 7) is 1.28. The first-order valence-electron chi connectivity index (χ1n) is 5.77. The third kappa shape index (κ3) is 3.71. The number of nitriles is 1. The van der Waals surface area contributed by atoms with E-state index in [1.165, 1.54) is 6.07 Å². The number of hydrogen-bond donors (Lipinski definition) is 0. The molecule has 1 aliphatic rings. The molecule has 1 radical (unpaired) electrons. The van der Waals surface area contributed by atoms with Gasteiger partial charge in [-0.3, -0.25) is 0 Å². The van der Waals surface area contributed by atoms with Crippen molar-refractivity contribution in [2.45, 2.75) is 23.7 Å². The molecule has 0 atom stereocenters. The van der Waals surface area contributed by atoms with Gasteiger partial charge in [-0.15, -0.1) is 0 Å². The molecule has 19 heavy (non-hydrogen) atoms. The van der Waals surface area contributed by atoms with Gasteiger partial charge in [0.1, 0.15) is 0 Å². The van der Waals surface area contributed by atoms with Gasteiger partial charge in [0.2, 0.25) is 0 Å². The van der Waals surface area contributed by atoms with Crippen molar-refractivity contribution in [3.8, 4) is 6.07 Å². The van der Waals surface area contributed by atoms with Crippen LogP contribution in [0.1, 0.15) is 24.1 Å². The molecule has 1 aliphatic heterocycles. The molecule has 7 heteroatoms. The number of halogens is 3. The average molecular weight is 331 g/mol. The molecule has 0 N–H and O–H groups in total.